The topological polar surface area (TPSA) is 8.81 Å². The highest BCUT2D eigenvalue weighted by Gasteiger charge is 2.15. The van der Waals surface area contributed by atoms with E-state index in [0.717, 1.165) is 6.54 Å². The van der Waals surface area contributed by atoms with Crippen molar-refractivity contribution in [2.45, 2.75) is 46.1 Å². The van der Waals surface area contributed by atoms with Gasteiger partial charge in [-0.15, -0.1) is 0 Å². The van der Waals surface area contributed by atoms with Crippen LogP contribution < -0.4 is 4.57 Å². The Morgan fingerprint density at radius 1 is 0.875 bits per heavy atom. The van der Waals surface area contributed by atoms with Gasteiger partial charge in [-0.3, -0.25) is 0 Å². The first-order chi connectivity index (χ1) is 11.6. The van der Waals surface area contributed by atoms with Gasteiger partial charge >= 0.3 is 0 Å². The summed E-state index contributed by atoms with van der Waals surface area (Å²) in [6, 6.07) is 17.2. The minimum atomic E-state index is 0.483. The van der Waals surface area contributed by atoms with Crippen LogP contribution in [-0.2, 0) is 6.54 Å². The standard InChI is InChI=1S/C22H26N2/c1-17(2)20-11-8-12-21(18(3)4)22(20)24-14-13-23(16-24)15-19-9-6-5-7-10-19/h5-14,17-18H,15H2,1-4H3. The zero-order valence-electron chi connectivity index (χ0n) is 15.0. The number of hydrogen-bond donors (Lipinski definition) is 0. The molecule has 1 heterocycles. The third-order valence-corrected chi connectivity index (χ3v) is 4.41. The second-order valence-corrected chi connectivity index (χ2v) is 6.98. The van der Waals surface area contributed by atoms with Crippen molar-refractivity contribution in [3.05, 3.63) is 83.9 Å². The van der Waals surface area contributed by atoms with E-state index in [9.17, 15) is 0 Å². The molecule has 0 saturated carbocycles. The van der Waals surface area contributed by atoms with Crippen molar-refractivity contribution in [1.82, 2.24) is 4.57 Å². The van der Waals surface area contributed by atoms with Crippen LogP contribution in [0, 0.1) is 6.33 Å². The van der Waals surface area contributed by atoms with Crippen molar-refractivity contribution >= 4 is 0 Å². The molecule has 1 aromatic heterocycles. The molecule has 0 atom stereocenters. The molecule has 2 nitrogen and oxygen atoms in total. The molecule has 124 valence electrons. The van der Waals surface area contributed by atoms with E-state index in [1.807, 2.05) is 0 Å². The molecule has 0 saturated heterocycles. The summed E-state index contributed by atoms with van der Waals surface area (Å²) in [5.74, 6) is 0.967. The predicted molar refractivity (Wildman–Crippen MR) is 98.5 cm³/mol. The highest BCUT2D eigenvalue weighted by Crippen LogP contribution is 2.27. The third-order valence-electron chi connectivity index (χ3n) is 4.41. The Hall–Kier alpha value is -2.35. The molecule has 3 aromatic rings. The second kappa shape index (κ2) is 7.04. The molecule has 0 spiro atoms. The van der Waals surface area contributed by atoms with Crippen molar-refractivity contribution in [3.8, 4) is 5.69 Å². The van der Waals surface area contributed by atoms with Crippen molar-refractivity contribution in [2.24, 2.45) is 0 Å². The first-order valence-electron chi connectivity index (χ1n) is 8.73. The van der Waals surface area contributed by atoms with Gasteiger partial charge in [0.15, 0.2) is 0 Å². The first-order valence-corrected chi connectivity index (χ1v) is 8.73. The Bertz CT molecular complexity index is 772. The van der Waals surface area contributed by atoms with E-state index in [1.165, 1.54) is 22.4 Å². The molecule has 2 aromatic carbocycles. The van der Waals surface area contributed by atoms with Gasteiger partial charge < -0.3 is 9.13 Å². The summed E-state index contributed by atoms with van der Waals surface area (Å²) in [5, 5.41) is 0. The van der Waals surface area contributed by atoms with Gasteiger partial charge in [0.05, 0.1) is 12.2 Å². The van der Waals surface area contributed by atoms with Crippen LogP contribution in [-0.4, -0.2) is 4.57 Å². The minimum Gasteiger partial charge on any atom is -0.326 e. The largest absolute Gasteiger partial charge is 0.326 e. The lowest BCUT2D eigenvalue weighted by Gasteiger charge is -2.20. The maximum absolute atomic E-state index is 3.50. The lowest BCUT2D eigenvalue weighted by molar-refractivity contribution is -0.600. The van der Waals surface area contributed by atoms with Crippen LogP contribution in [0.2, 0.25) is 0 Å². The van der Waals surface area contributed by atoms with Crippen LogP contribution >= 0.6 is 0 Å². The molecular formula is C22H26N2. The van der Waals surface area contributed by atoms with Crippen molar-refractivity contribution in [2.75, 3.05) is 0 Å². The average Bonchev–Trinajstić information content (AvgIpc) is 3.03. The molecule has 0 bridgehead atoms. The summed E-state index contributed by atoms with van der Waals surface area (Å²) in [7, 11) is 0. The van der Waals surface area contributed by atoms with E-state index in [1.54, 1.807) is 0 Å². The maximum atomic E-state index is 3.50. The number of rotatable bonds is 5. The third kappa shape index (κ3) is 3.43. The van der Waals surface area contributed by atoms with Gasteiger partial charge in [0, 0.05) is 12.4 Å². The normalized spacial score (nSPS) is 11.4. The van der Waals surface area contributed by atoms with E-state index in [4.69, 9.17) is 0 Å². The Balaban J connectivity index is 2.00. The summed E-state index contributed by atoms with van der Waals surface area (Å²) in [6.45, 7) is 9.86. The number of hydrogen-bond acceptors (Lipinski definition) is 0. The molecule has 0 unspecified atom stereocenters. The van der Waals surface area contributed by atoms with Crippen molar-refractivity contribution in [3.63, 3.8) is 0 Å². The monoisotopic (exact) mass is 318 g/mol. The van der Waals surface area contributed by atoms with Crippen molar-refractivity contribution < 1.29 is 4.57 Å². The zero-order valence-corrected chi connectivity index (χ0v) is 15.0. The number of nitrogens with zero attached hydrogens (tertiary/aromatic N) is 2. The number of benzene rings is 2. The van der Waals surface area contributed by atoms with Gasteiger partial charge in [-0.2, -0.15) is 0 Å². The maximum Gasteiger partial charge on any atom is 0.243 e. The number of aromatic nitrogens is 2. The minimum absolute atomic E-state index is 0.483. The molecule has 0 fully saturated rings. The van der Waals surface area contributed by atoms with E-state index in [-0.39, 0.29) is 0 Å². The smallest absolute Gasteiger partial charge is 0.243 e. The average molecular weight is 318 g/mol. The Labute approximate surface area is 145 Å². The first kappa shape index (κ1) is 16.5. The molecule has 0 N–H and O–H groups in total. The predicted octanol–water partition coefficient (Wildman–Crippen LogP) is 4.86. The zero-order chi connectivity index (χ0) is 17.1. The Morgan fingerprint density at radius 2 is 1.50 bits per heavy atom. The van der Waals surface area contributed by atoms with E-state index in [0.29, 0.717) is 11.8 Å². The molecule has 0 radical (unpaired) electrons. The van der Waals surface area contributed by atoms with Crippen LogP contribution in [0.25, 0.3) is 5.69 Å². The summed E-state index contributed by atoms with van der Waals surface area (Å²) in [4.78, 5) is 0. The van der Waals surface area contributed by atoms with Gasteiger partial charge in [0.2, 0.25) is 6.33 Å². The Morgan fingerprint density at radius 3 is 2.08 bits per heavy atom. The molecule has 0 aliphatic rings. The molecule has 2 heteroatoms. The summed E-state index contributed by atoms with van der Waals surface area (Å²) in [6.07, 6.45) is 7.73. The van der Waals surface area contributed by atoms with Crippen LogP contribution in [0.15, 0.2) is 60.9 Å². The lowest BCUT2D eigenvalue weighted by atomic mass is 9.92. The summed E-state index contributed by atoms with van der Waals surface area (Å²) < 4.78 is 4.28. The highest BCUT2D eigenvalue weighted by atomic mass is 15.1. The van der Waals surface area contributed by atoms with Gasteiger partial charge in [-0.1, -0.05) is 76.2 Å². The van der Waals surface area contributed by atoms with E-state index in [2.05, 4.69) is 104 Å². The van der Waals surface area contributed by atoms with Crippen molar-refractivity contribution in [1.29, 1.82) is 0 Å². The molecule has 0 amide bonds. The molecule has 0 aliphatic carbocycles. The number of imidazole rings is 1. The van der Waals surface area contributed by atoms with E-state index < -0.39 is 0 Å². The van der Waals surface area contributed by atoms with E-state index >= 15 is 0 Å². The molecule has 24 heavy (non-hydrogen) atoms. The fourth-order valence-electron chi connectivity index (χ4n) is 3.13. The Kier molecular flexibility index (Phi) is 4.84. The lowest BCUT2D eigenvalue weighted by Crippen LogP contribution is -2.32. The van der Waals surface area contributed by atoms with Crippen LogP contribution in [0.5, 0.6) is 0 Å². The van der Waals surface area contributed by atoms with Crippen LogP contribution in [0.4, 0.5) is 0 Å². The summed E-state index contributed by atoms with van der Waals surface area (Å²) in [5.41, 5.74) is 5.33. The van der Waals surface area contributed by atoms with Gasteiger partial charge in [0.1, 0.15) is 0 Å². The molecule has 3 rings (SSSR count). The van der Waals surface area contributed by atoms with Crippen LogP contribution in [0.1, 0.15) is 56.2 Å². The number of para-hydroxylation sites is 1. The fraction of sp³-hybridized carbons (Fsp3) is 0.318. The second-order valence-electron chi connectivity index (χ2n) is 6.98. The van der Waals surface area contributed by atoms with Gasteiger partial charge in [-0.25, -0.2) is 0 Å². The quantitative estimate of drug-likeness (QED) is 0.469. The van der Waals surface area contributed by atoms with Crippen LogP contribution in [0.3, 0.4) is 0 Å². The summed E-state index contributed by atoms with van der Waals surface area (Å²) >= 11 is 0. The molecular weight excluding hydrogens is 292 g/mol. The SMILES string of the molecule is CC(C)c1cccc(C(C)C)c1-[n+]1[c-]n(Cc2ccccc2)cc1. The highest BCUT2D eigenvalue weighted by molar-refractivity contribution is 5.45. The van der Waals surface area contributed by atoms with Gasteiger partial charge in [-0.05, 0) is 28.5 Å². The molecule has 0 aliphatic heterocycles. The van der Waals surface area contributed by atoms with Gasteiger partial charge in [0.25, 0.3) is 0 Å². The fourth-order valence-corrected chi connectivity index (χ4v) is 3.13.